The van der Waals surface area contributed by atoms with Gasteiger partial charge in [-0.1, -0.05) is 48.5 Å². The van der Waals surface area contributed by atoms with Crippen LogP contribution in [-0.2, 0) is 16.6 Å². The number of likely N-dealkylation sites (tertiary alicyclic amines) is 1. The van der Waals surface area contributed by atoms with Gasteiger partial charge in [0.05, 0.1) is 4.90 Å². The van der Waals surface area contributed by atoms with Crippen LogP contribution in [0.4, 0.5) is 0 Å². The van der Waals surface area contributed by atoms with Gasteiger partial charge in [0.2, 0.25) is 10.0 Å². The van der Waals surface area contributed by atoms with Crippen LogP contribution in [0.3, 0.4) is 0 Å². The van der Waals surface area contributed by atoms with E-state index in [2.05, 4.69) is 49.5 Å². The Morgan fingerprint density at radius 3 is 2.23 bits per heavy atom. The fourth-order valence-corrected chi connectivity index (χ4v) is 4.57. The second-order valence-corrected chi connectivity index (χ2v) is 9.16. The van der Waals surface area contributed by atoms with Gasteiger partial charge in [-0.15, -0.1) is 24.0 Å². The Morgan fingerprint density at radius 1 is 1.00 bits per heavy atom. The summed E-state index contributed by atoms with van der Waals surface area (Å²) in [7, 11) is -1.75. The normalized spacial score (nSPS) is 15.8. The second kappa shape index (κ2) is 13.0. The van der Waals surface area contributed by atoms with Crippen molar-refractivity contribution in [2.75, 3.05) is 33.2 Å². The van der Waals surface area contributed by atoms with Crippen LogP contribution in [0.1, 0.15) is 18.4 Å². The molecule has 1 fully saturated rings. The quantitative estimate of drug-likeness (QED) is 0.201. The van der Waals surface area contributed by atoms with Crippen LogP contribution in [0.25, 0.3) is 0 Å². The van der Waals surface area contributed by atoms with Gasteiger partial charge in [0.15, 0.2) is 5.96 Å². The lowest BCUT2D eigenvalue weighted by Crippen LogP contribution is -2.49. The summed E-state index contributed by atoms with van der Waals surface area (Å²) in [6, 6.07) is 19.3. The number of nitrogens with zero attached hydrogens (tertiary/aromatic N) is 2. The highest BCUT2D eigenvalue weighted by Crippen LogP contribution is 2.13. The van der Waals surface area contributed by atoms with Gasteiger partial charge in [-0.05, 0) is 30.5 Å². The maximum Gasteiger partial charge on any atom is 0.240 e. The number of aliphatic imine (C=N–C) groups is 1. The van der Waals surface area contributed by atoms with E-state index < -0.39 is 10.0 Å². The van der Waals surface area contributed by atoms with E-state index in [1.54, 1.807) is 37.4 Å². The Balaban J connectivity index is 0.00000341. The number of piperidine rings is 1. The molecule has 1 aliphatic rings. The smallest absolute Gasteiger partial charge is 0.240 e. The zero-order chi connectivity index (χ0) is 21.2. The zero-order valence-corrected chi connectivity index (χ0v) is 21.0. The Bertz CT molecular complexity index is 902. The van der Waals surface area contributed by atoms with Crippen molar-refractivity contribution in [2.24, 2.45) is 4.99 Å². The van der Waals surface area contributed by atoms with Crippen molar-refractivity contribution in [3.8, 4) is 0 Å². The molecule has 9 heteroatoms. The highest BCUT2D eigenvalue weighted by molar-refractivity contribution is 14.0. The first-order chi connectivity index (χ1) is 14.6. The first kappa shape index (κ1) is 25.6. The van der Waals surface area contributed by atoms with Crippen molar-refractivity contribution in [1.82, 2.24) is 20.3 Å². The zero-order valence-electron chi connectivity index (χ0n) is 17.8. The lowest BCUT2D eigenvalue weighted by Gasteiger charge is -2.33. The monoisotopic (exact) mass is 557 g/mol. The minimum atomic E-state index is -3.48. The number of sulfonamides is 1. The molecule has 0 aromatic heterocycles. The molecule has 0 unspecified atom stereocenters. The predicted molar refractivity (Wildman–Crippen MR) is 136 cm³/mol. The molecule has 1 saturated heterocycles. The molecule has 0 amide bonds. The van der Waals surface area contributed by atoms with Gasteiger partial charge in [0.25, 0.3) is 0 Å². The van der Waals surface area contributed by atoms with E-state index in [-0.39, 0.29) is 35.4 Å². The summed E-state index contributed by atoms with van der Waals surface area (Å²) in [6.07, 6.45) is 2.10. The lowest BCUT2D eigenvalue weighted by atomic mass is 10.0. The van der Waals surface area contributed by atoms with Crippen molar-refractivity contribution < 1.29 is 8.42 Å². The van der Waals surface area contributed by atoms with Crippen molar-refractivity contribution in [1.29, 1.82) is 0 Å². The third kappa shape index (κ3) is 8.40. The first-order valence-electron chi connectivity index (χ1n) is 10.3. The molecule has 0 aliphatic carbocycles. The summed E-state index contributed by atoms with van der Waals surface area (Å²) in [5.74, 6) is 0.704. The third-order valence-corrected chi connectivity index (χ3v) is 6.64. The molecule has 3 rings (SSSR count). The van der Waals surface area contributed by atoms with Crippen LogP contribution in [0, 0.1) is 0 Å². The average molecular weight is 558 g/mol. The van der Waals surface area contributed by atoms with Crippen LogP contribution >= 0.6 is 24.0 Å². The molecule has 2 aromatic carbocycles. The number of rotatable bonds is 8. The van der Waals surface area contributed by atoms with Crippen molar-refractivity contribution >= 4 is 40.0 Å². The number of guanidine groups is 1. The second-order valence-electron chi connectivity index (χ2n) is 7.39. The van der Waals surface area contributed by atoms with E-state index in [4.69, 9.17) is 0 Å². The van der Waals surface area contributed by atoms with Crippen LogP contribution < -0.4 is 15.4 Å². The van der Waals surface area contributed by atoms with E-state index in [1.807, 2.05) is 6.07 Å². The Kier molecular flexibility index (Phi) is 10.7. The molecule has 0 saturated carbocycles. The Hall–Kier alpha value is -1.69. The number of benzene rings is 2. The number of hydrogen-bond donors (Lipinski definition) is 3. The summed E-state index contributed by atoms with van der Waals surface area (Å²) in [4.78, 5) is 7.01. The molecule has 0 bridgehead atoms. The number of hydrogen-bond acceptors (Lipinski definition) is 4. The highest BCUT2D eigenvalue weighted by Gasteiger charge is 2.20. The molecular weight excluding hydrogens is 525 g/mol. The van der Waals surface area contributed by atoms with Crippen molar-refractivity contribution in [3.05, 3.63) is 66.2 Å². The van der Waals surface area contributed by atoms with Gasteiger partial charge in [-0.25, -0.2) is 13.1 Å². The summed E-state index contributed by atoms with van der Waals surface area (Å²) in [5.41, 5.74) is 1.35. The SMILES string of the molecule is CN=C(NCCNS(=O)(=O)c1ccccc1)NC1CCN(Cc2ccccc2)CC1.I. The molecule has 0 spiro atoms. The van der Waals surface area contributed by atoms with Crippen LogP contribution in [0.5, 0.6) is 0 Å². The van der Waals surface area contributed by atoms with E-state index in [0.717, 1.165) is 32.5 Å². The topological polar surface area (TPSA) is 85.8 Å². The molecule has 0 radical (unpaired) electrons. The highest BCUT2D eigenvalue weighted by atomic mass is 127. The van der Waals surface area contributed by atoms with Crippen LogP contribution in [0.15, 0.2) is 70.6 Å². The third-order valence-electron chi connectivity index (χ3n) is 5.16. The maximum absolute atomic E-state index is 12.2. The van der Waals surface area contributed by atoms with E-state index >= 15 is 0 Å². The summed E-state index contributed by atoms with van der Waals surface area (Å²) in [6.45, 7) is 3.81. The molecule has 2 aromatic rings. The molecule has 3 N–H and O–H groups in total. The molecule has 31 heavy (non-hydrogen) atoms. The average Bonchev–Trinajstić information content (AvgIpc) is 2.78. The van der Waals surface area contributed by atoms with Crippen LogP contribution in [-0.4, -0.2) is 58.5 Å². The van der Waals surface area contributed by atoms with Crippen LogP contribution in [0.2, 0.25) is 0 Å². The number of halogens is 1. The van der Waals surface area contributed by atoms with Gasteiger partial charge in [-0.3, -0.25) is 9.89 Å². The standard InChI is InChI=1S/C22H31N5O2S.HI/c1-23-22(24-14-15-25-30(28,29)21-10-6-3-7-11-21)26-20-12-16-27(17-13-20)18-19-8-4-2-5-9-19;/h2-11,20,25H,12-18H2,1H3,(H2,23,24,26);1H. The fourth-order valence-electron chi connectivity index (χ4n) is 3.51. The lowest BCUT2D eigenvalue weighted by molar-refractivity contribution is 0.198. The predicted octanol–water partition coefficient (Wildman–Crippen LogP) is 2.41. The molecule has 7 nitrogen and oxygen atoms in total. The number of nitrogens with one attached hydrogen (secondary N) is 3. The minimum absolute atomic E-state index is 0. The van der Waals surface area contributed by atoms with Gasteiger partial charge in [-0.2, -0.15) is 0 Å². The van der Waals surface area contributed by atoms with E-state index in [9.17, 15) is 8.42 Å². The Labute approximate surface area is 202 Å². The largest absolute Gasteiger partial charge is 0.355 e. The molecule has 170 valence electrons. The molecular formula is C22H32IN5O2S. The van der Waals surface area contributed by atoms with E-state index in [1.165, 1.54) is 5.56 Å². The van der Waals surface area contributed by atoms with Gasteiger partial charge in [0.1, 0.15) is 0 Å². The Morgan fingerprint density at radius 2 is 1.61 bits per heavy atom. The van der Waals surface area contributed by atoms with Gasteiger partial charge in [0, 0.05) is 45.8 Å². The molecule has 1 heterocycles. The summed E-state index contributed by atoms with van der Waals surface area (Å²) < 4.78 is 27.1. The summed E-state index contributed by atoms with van der Waals surface area (Å²) >= 11 is 0. The minimum Gasteiger partial charge on any atom is -0.355 e. The van der Waals surface area contributed by atoms with Crippen molar-refractivity contribution in [3.63, 3.8) is 0 Å². The first-order valence-corrected chi connectivity index (χ1v) is 11.8. The molecule has 0 atom stereocenters. The maximum atomic E-state index is 12.2. The van der Waals surface area contributed by atoms with Gasteiger partial charge < -0.3 is 10.6 Å². The fraction of sp³-hybridized carbons (Fsp3) is 0.409. The van der Waals surface area contributed by atoms with E-state index in [0.29, 0.717) is 18.5 Å². The molecule has 1 aliphatic heterocycles. The van der Waals surface area contributed by atoms with Gasteiger partial charge >= 0.3 is 0 Å². The summed E-state index contributed by atoms with van der Waals surface area (Å²) in [5, 5.41) is 6.64. The van der Waals surface area contributed by atoms with Crippen molar-refractivity contribution in [2.45, 2.75) is 30.3 Å².